The van der Waals surface area contributed by atoms with Gasteiger partial charge in [0.05, 0.1) is 27.9 Å². The van der Waals surface area contributed by atoms with Crippen LogP contribution >= 0.6 is 23.2 Å². The highest BCUT2D eigenvalue weighted by atomic mass is 35.5. The smallest absolute Gasteiger partial charge is 0.264 e. The molecule has 0 bridgehead atoms. The number of rotatable bonds is 4. The van der Waals surface area contributed by atoms with Crippen molar-refractivity contribution in [3.05, 3.63) is 33.8 Å². The first-order valence-corrected chi connectivity index (χ1v) is 7.19. The summed E-state index contributed by atoms with van der Waals surface area (Å²) in [7, 11) is 0. The highest BCUT2D eigenvalue weighted by molar-refractivity contribution is 6.42. The maximum absolute atomic E-state index is 12.1. The van der Waals surface area contributed by atoms with Crippen LogP contribution in [-0.4, -0.2) is 35.0 Å². The molecule has 1 atom stereocenters. The lowest BCUT2D eigenvalue weighted by Gasteiger charge is -2.24. The van der Waals surface area contributed by atoms with E-state index in [-0.39, 0.29) is 12.5 Å². The number of aliphatic hydroxyl groups is 1. The molecular formula is C14H16Cl2N2O3. The summed E-state index contributed by atoms with van der Waals surface area (Å²) in [6.07, 6.45) is -0.369. The number of nitrogens with zero attached hydrogens (tertiary/aromatic N) is 1. The molecule has 0 spiro atoms. The molecule has 1 aromatic carbocycles. The minimum absolute atomic E-state index is 0.161. The first-order chi connectivity index (χ1) is 9.82. The molecule has 0 radical (unpaired) electrons. The SMILES string of the molecule is CC(C)(CO)NC(=O)C1CC(c2ccc(Cl)c(Cl)c2)=NO1. The van der Waals surface area contributed by atoms with Gasteiger partial charge in [0.1, 0.15) is 0 Å². The molecule has 7 heteroatoms. The Balaban J connectivity index is 2.02. The number of hydrogen-bond donors (Lipinski definition) is 2. The van der Waals surface area contributed by atoms with Crippen LogP contribution in [0.2, 0.25) is 10.0 Å². The van der Waals surface area contributed by atoms with Crippen molar-refractivity contribution in [2.24, 2.45) is 5.16 Å². The first kappa shape index (κ1) is 16.1. The summed E-state index contributed by atoms with van der Waals surface area (Å²) in [6.45, 7) is 3.28. The van der Waals surface area contributed by atoms with Gasteiger partial charge in [-0.25, -0.2) is 0 Å². The molecule has 114 valence electrons. The minimum atomic E-state index is -0.708. The van der Waals surface area contributed by atoms with Crippen LogP contribution in [-0.2, 0) is 9.63 Å². The van der Waals surface area contributed by atoms with Gasteiger partial charge in [-0.2, -0.15) is 0 Å². The third-order valence-electron chi connectivity index (χ3n) is 3.07. The van der Waals surface area contributed by atoms with Crippen LogP contribution in [0, 0.1) is 0 Å². The quantitative estimate of drug-likeness (QED) is 0.890. The topological polar surface area (TPSA) is 70.9 Å². The second kappa shape index (κ2) is 6.22. The Morgan fingerprint density at radius 2 is 2.19 bits per heavy atom. The zero-order valence-corrected chi connectivity index (χ0v) is 13.2. The fourth-order valence-electron chi connectivity index (χ4n) is 1.82. The normalized spacial score (nSPS) is 18.1. The van der Waals surface area contributed by atoms with Crippen molar-refractivity contribution in [1.82, 2.24) is 5.32 Å². The lowest BCUT2D eigenvalue weighted by molar-refractivity contribution is -0.133. The molecule has 1 aliphatic heterocycles. The van der Waals surface area contributed by atoms with E-state index >= 15 is 0 Å². The van der Waals surface area contributed by atoms with E-state index in [9.17, 15) is 4.79 Å². The van der Waals surface area contributed by atoms with Crippen LogP contribution < -0.4 is 5.32 Å². The number of carbonyl (C=O) groups excluding carboxylic acids is 1. The highest BCUT2D eigenvalue weighted by Gasteiger charge is 2.32. The lowest BCUT2D eigenvalue weighted by atomic mass is 10.0. The van der Waals surface area contributed by atoms with E-state index in [4.69, 9.17) is 33.1 Å². The van der Waals surface area contributed by atoms with Gasteiger partial charge < -0.3 is 15.3 Å². The number of oxime groups is 1. The van der Waals surface area contributed by atoms with E-state index in [1.165, 1.54) is 0 Å². The predicted octanol–water partition coefficient (Wildman–Crippen LogP) is 2.37. The third-order valence-corrected chi connectivity index (χ3v) is 3.81. The molecule has 5 nitrogen and oxygen atoms in total. The molecule has 1 unspecified atom stereocenters. The van der Waals surface area contributed by atoms with Gasteiger partial charge in [-0.3, -0.25) is 4.79 Å². The molecule has 2 rings (SSSR count). The molecule has 21 heavy (non-hydrogen) atoms. The van der Waals surface area contributed by atoms with Crippen LogP contribution in [0.4, 0.5) is 0 Å². The van der Waals surface area contributed by atoms with Crippen LogP contribution in [0.25, 0.3) is 0 Å². The Labute approximate surface area is 132 Å². The largest absolute Gasteiger partial charge is 0.394 e. The van der Waals surface area contributed by atoms with E-state index in [0.29, 0.717) is 22.2 Å². The third kappa shape index (κ3) is 3.87. The van der Waals surface area contributed by atoms with Crippen molar-refractivity contribution in [2.45, 2.75) is 31.9 Å². The summed E-state index contributed by atoms with van der Waals surface area (Å²) in [5.41, 5.74) is 0.698. The summed E-state index contributed by atoms with van der Waals surface area (Å²) < 4.78 is 0. The molecule has 2 N–H and O–H groups in total. The fourth-order valence-corrected chi connectivity index (χ4v) is 2.12. The van der Waals surface area contributed by atoms with E-state index in [1.807, 2.05) is 0 Å². The first-order valence-electron chi connectivity index (χ1n) is 6.43. The number of amides is 1. The van der Waals surface area contributed by atoms with Gasteiger partial charge in [-0.15, -0.1) is 0 Å². The summed E-state index contributed by atoms with van der Waals surface area (Å²) in [6, 6.07) is 5.13. The van der Waals surface area contributed by atoms with E-state index in [1.54, 1.807) is 32.0 Å². The predicted molar refractivity (Wildman–Crippen MR) is 81.8 cm³/mol. The summed E-state index contributed by atoms with van der Waals surface area (Å²) in [5, 5.41) is 16.7. The highest BCUT2D eigenvalue weighted by Crippen LogP contribution is 2.25. The minimum Gasteiger partial charge on any atom is -0.394 e. The molecule has 1 heterocycles. The van der Waals surface area contributed by atoms with Crippen LogP contribution in [0.1, 0.15) is 25.8 Å². The molecular weight excluding hydrogens is 315 g/mol. The van der Waals surface area contributed by atoms with Crippen LogP contribution in [0.3, 0.4) is 0 Å². The molecule has 0 saturated carbocycles. The maximum Gasteiger partial charge on any atom is 0.264 e. The molecule has 0 aromatic heterocycles. The summed E-state index contributed by atoms with van der Waals surface area (Å²) in [5.74, 6) is -0.312. The van der Waals surface area contributed by atoms with Gasteiger partial charge in [0.2, 0.25) is 6.10 Å². The Morgan fingerprint density at radius 3 is 2.81 bits per heavy atom. The molecule has 0 aliphatic carbocycles. The average molecular weight is 331 g/mol. The summed E-state index contributed by atoms with van der Waals surface area (Å²) >= 11 is 11.8. The number of halogens is 2. The molecule has 1 aliphatic rings. The zero-order valence-electron chi connectivity index (χ0n) is 11.7. The van der Waals surface area contributed by atoms with Gasteiger partial charge >= 0.3 is 0 Å². The Kier molecular flexibility index (Phi) is 4.76. The lowest BCUT2D eigenvalue weighted by Crippen LogP contribution is -2.50. The van der Waals surface area contributed by atoms with E-state index in [2.05, 4.69) is 10.5 Å². The maximum atomic E-state index is 12.1. The number of nitrogens with one attached hydrogen (secondary N) is 1. The number of benzene rings is 1. The standard InChI is InChI=1S/C14H16Cl2N2O3/c1-14(2,7-19)17-13(20)12-6-11(18-21-12)8-3-4-9(15)10(16)5-8/h3-5,12,19H,6-7H2,1-2H3,(H,17,20). The van der Waals surface area contributed by atoms with Gasteiger partial charge in [-0.05, 0) is 26.0 Å². The van der Waals surface area contributed by atoms with Gasteiger partial charge in [-0.1, -0.05) is 34.4 Å². The Bertz CT molecular complexity index is 588. The van der Waals surface area contributed by atoms with Gasteiger partial charge in [0.25, 0.3) is 5.91 Å². The Hall–Kier alpha value is -1.30. The monoisotopic (exact) mass is 330 g/mol. The number of carbonyl (C=O) groups is 1. The molecule has 1 aromatic rings. The number of hydrogen-bond acceptors (Lipinski definition) is 4. The fraction of sp³-hybridized carbons (Fsp3) is 0.429. The molecule has 0 saturated heterocycles. The molecule has 1 amide bonds. The summed E-state index contributed by atoms with van der Waals surface area (Å²) in [4.78, 5) is 17.2. The van der Waals surface area contributed by atoms with E-state index < -0.39 is 11.6 Å². The van der Waals surface area contributed by atoms with E-state index in [0.717, 1.165) is 5.56 Å². The van der Waals surface area contributed by atoms with Crippen molar-refractivity contribution >= 4 is 34.8 Å². The van der Waals surface area contributed by atoms with Gasteiger partial charge in [0, 0.05) is 12.0 Å². The second-order valence-electron chi connectivity index (χ2n) is 5.50. The van der Waals surface area contributed by atoms with Gasteiger partial charge in [0.15, 0.2) is 0 Å². The van der Waals surface area contributed by atoms with Crippen molar-refractivity contribution in [3.8, 4) is 0 Å². The second-order valence-corrected chi connectivity index (χ2v) is 6.31. The van der Waals surface area contributed by atoms with Crippen LogP contribution in [0.15, 0.2) is 23.4 Å². The zero-order chi connectivity index (χ0) is 15.6. The Morgan fingerprint density at radius 1 is 1.48 bits per heavy atom. The van der Waals surface area contributed by atoms with Crippen LogP contribution in [0.5, 0.6) is 0 Å². The number of aliphatic hydroxyl groups excluding tert-OH is 1. The molecule has 0 fully saturated rings. The van der Waals surface area contributed by atoms with Crippen molar-refractivity contribution in [1.29, 1.82) is 0 Å². The average Bonchev–Trinajstić information content (AvgIpc) is 2.91. The van der Waals surface area contributed by atoms with Crippen molar-refractivity contribution < 1.29 is 14.7 Å². The van der Waals surface area contributed by atoms with Crippen molar-refractivity contribution in [2.75, 3.05) is 6.61 Å². The van der Waals surface area contributed by atoms with Crippen molar-refractivity contribution in [3.63, 3.8) is 0 Å².